The highest BCUT2D eigenvalue weighted by atomic mass is 16.3. The van der Waals surface area contributed by atoms with Gasteiger partial charge in [-0.3, -0.25) is 9.69 Å². The first-order chi connectivity index (χ1) is 10.9. The minimum absolute atomic E-state index is 0.00298. The van der Waals surface area contributed by atoms with Crippen molar-refractivity contribution in [3.63, 3.8) is 0 Å². The maximum absolute atomic E-state index is 12.6. The van der Waals surface area contributed by atoms with Gasteiger partial charge in [-0.05, 0) is 45.3 Å². The van der Waals surface area contributed by atoms with Crippen LogP contribution >= 0.6 is 0 Å². The summed E-state index contributed by atoms with van der Waals surface area (Å²) in [6.45, 7) is 0.965. The molecule has 0 radical (unpaired) electrons. The number of aliphatic hydroxyl groups is 1. The molecule has 126 valence electrons. The molecule has 2 fully saturated rings. The number of nitrogens with zero attached hydrogens (tertiary/aromatic N) is 2. The number of carbonyl (C=O) groups excluding carboxylic acids is 1. The number of carbonyl (C=O) groups is 1. The molecule has 1 saturated carbocycles. The Morgan fingerprint density at radius 1 is 1.26 bits per heavy atom. The maximum Gasteiger partial charge on any atom is 0.242 e. The van der Waals surface area contributed by atoms with E-state index in [1.54, 1.807) is 4.90 Å². The molecular weight excluding hydrogens is 290 g/mol. The number of aliphatic hydroxyl groups excluding tert-OH is 1. The summed E-state index contributed by atoms with van der Waals surface area (Å²) in [5.41, 5.74) is 6.12. The number of benzene rings is 1. The van der Waals surface area contributed by atoms with E-state index in [0.29, 0.717) is 19.5 Å². The van der Waals surface area contributed by atoms with E-state index in [4.69, 9.17) is 5.73 Å². The minimum Gasteiger partial charge on any atom is -0.389 e. The van der Waals surface area contributed by atoms with Gasteiger partial charge in [0, 0.05) is 13.1 Å². The molecule has 0 bridgehead atoms. The Morgan fingerprint density at radius 2 is 1.91 bits per heavy atom. The zero-order valence-electron chi connectivity index (χ0n) is 14.0. The monoisotopic (exact) mass is 317 g/mol. The molecule has 23 heavy (non-hydrogen) atoms. The first-order valence-corrected chi connectivity index (χ1v) is 8.39. The van der Waals surface area contributed by atoms with Crippen LogP contribution in [0.1, 0.15) is 31.2 Å². The fourth-order valence-corrected chi connectivity index (χ4v) is 4.04. The summed E-state index contributed by atoms with van der Waals surface area (Å²) in [5.74, 6) is 0.00298. The SMILES string of the molecule is CN(C)[C@]1(c2ccccc2)CCN(C(=O)C2(N)CCC2)C[C@H]1O. The van der Waals surface area contributed by atoms with Gasteiger partial charge >= 0.3 is 0 Å². The van der Waals surface area contributed by atoms with Gasteiger partial charge in [0.15, 0.2) is 0 Å². The lowest BCUT2D eigenvalue weighted by molar-refractivity contribution is -0.149. The number of likely N-dealkylation sites (N-methyl/N-ethyl adjacent to an activating group) is 1. The lowest BCUT2D eigenvalue weighted by Gasteiger charge is -2.51. The van der Waals surface area contributed by atoms with Crippen molar-refractivity contribution in [2.24, 2.45) is 5.73 Å². The van der Waals surface area contributed by atoms with Crippen molar-refractivity contribution < 1.29 is 9.90 Å². The van der Waals surface area contributed by atoms with Crippen LogP contribution in [0.3, 0.4) is 0 Å². The number of likely N-dealkylation sites (tertiary alicyclic amines) is 1. The van der Waals surface area contributed by atoms with Crippen molar-refractivity contribution in [1.82, 2.24) is 9.80 Å². The van der Waals surface area contributed by atoms with E-state index in [1.165, 1.54) is 0 Å². The molecule has 0 aromatic heterocycles. The molecule has 1 aliphatic heterocycles. The Morgan fingerprint density at radius 3 is 2.39 bits per heavy atom. The van der Waals surface area contributed by atoms with Gasteiger partial charge in [0.1, 0.15) is 0 Å². The van der Waals surface area contributed by atoms with Gasteiger partial charge < -0.3 is 15.7 Å². The molecule has 1 aromatic carbocycles. The maximum atomic E-state index is 12.6. The van der Waals surface area contributed by atoms with E-state index in [9.17, 15) is 9.90 Å². The standard InChI is InChI=1S/C18H27N3O2/c1-20(2)18(14-7-4-3-5-8-14)11-12-21(13-15(18)22)16(23)17(19)9-6-10-17/h3-5,7-8,15,22H,6,9-13,19H2,1-2H3/t15-,18+/m1/s1. The number of amides is 1. The first kappa shape index (κ1) is 16.4. The molecule has 1 heterocycles. The second kappa shape index (κ2) is 5.89. The third kappa shape index (κ3) is 2.57. The number of nitrogens with two attached hydrogens (primary N) is 1. The molecule has 0 spiro atoms. The molecule has 3 N–H and O–H groups in total. The highest BCUT2D eigenvalue weighted by Gasteiger charge is 2.50. The van der Waals surface area contributed by atoms with Gasteiger partial charge in [-0.25, -0.2) is 0 Å². The molecule has 0 unspecified atom stereocenters. The van der Waals surface area contributed by atoms with Gasteiger partial charge in [-0.15, -0.1) is 0 Å². The summed E-state index contributed by atoms with van der Waals surface area (Å²) in [6.07, 6.45) is 2.60. The molecule has 5 nitrogen and oxygen atoms in total. The molecular formula is C18H27N3O2. The van der Waals surface area contributed by atoms with E-state index in [0.717, 1.165) is 24.8 Å². The van der Waals surface area contributed by atoms with Crippen LogP contribution in [-0.4, -0.2) is 59.6 Å². The second-order valence-corrected chi connectivity index (χ2v) is 7.21. The van der Waals surface area contributed by atoms with Crippen LogP contribution in [0.5, 0.6) is 0 Å². The third-order valence-corrected chi connectivity index (χ3v) is 5.74. The highest BCUT2D eigenvalue weighted by Crippen LogP contribution is 2.39. The van der Waals surface area contributed by atoms with E-state index >= 15 is 0 Å². The van der Waals surface area contributed by atoms with Crippen LogP contribution in [0.15, 0.2) is 30.3 Å². The Bertz CT molecular complexity index is 571. The number of hydrogen-bond acceptors (Lipinski definition) is 4. The Hall–Kier alpha value is -1.43. The lowest BCUT2D eigenvalue weighted by Crippen LogP contribution is -2.66. The number of rotatable bonds is 3. The molecule has 2 atom stereocenters. The van der Waals surface area contributed by atoms with Gasteiger partial charge in [0.05, 0.1) is 17.2 Å². The van der Waals surface area contributed by atoms with E-state index in [1.807, 2.05) is 32.3 Å². The number of piperidine rings is 1. The smallest absolute Gasteiger partial charge is 0.242 e. The molecule has 1 amide bonds. The number of β-amino-alcohol motifs (C(OH)–C–C–N with tert-alkyl or cyclic N) is 1. The fraction of sp³-hybridized carbons (Fsp3) is 0.611. The predicted octanol–water partition coefficient (Wildman–Crippen LogP) is 0.918. The molecule has 2 aliphatic rings. The van der Waals surface area contributed by atoms with Gasteiger partial charge in [0.25, 0.3) is 0 Å². The zero-order chi connectivity index (χ0) is 16.7. The van der Waals surface area contributed by atoms with Crippen LogP contribution in [0.4, 0.5) is 0 Å². The van der Waals surface area contributed by atoms with Crippen molar-refractivity contribution in [3.05, 3.63) is 35.9 Å². The average molecular weight is 317 g/mol. The van der Waals surface area contributed by atoms with Gasteiger partial charge in [0.2, 0.25) is 5.91 Å². The quantitative estimate of drug-likeness (QED) is 0.870. The Labute approximate surface area is 138 Å². The highest BCUT2D eigenvalue weighted by molar-refractivity contribution is 5.87. The van der Waals surface area contributed by atoms with E-state index in [-0.39, 0.29) is 5.91 Å². The topological polar surface area (TPSA) is 69.8 Å². The summed E-state index contributed by atoms with van der Waals surface area (Å²) < 4.78 is 0. The van der Waals surface area contributed by atoms with Crippen molar-refractivity contribution >= 4 is 5.91 Å². The normalized spacial score (nSPS) is 30.1. The summed E-state index contributed by atoms with van der Waals surface area (Å²) in [4.78, 5) is 16.5. The van der Waals surface area contributed by atoms with Crippen LogP contribution < -0.4 is 5.73 Å². The minimum atomic E-state index is -0.690. The fourth-order valence-electron chi connectivity index (χ4n) is 4.04. The number of hydrogen-bond donors (Lipinski definition) is 2. The van der Waals surface area contributed by atoms with E-state index < -0.39 is 17.2 Å². The second-order valence-electron chi connectivity index (χ2n) is 7.21. The van der Waals surface area contributed by atoms with Crippen molar-refractivity contribution in [2.75, 3.05) is 27.2 Å². The van der Waals surface area contributed by atoms with Crippen molar-refractivity contribution in [2.45, 2.75) is 42.9 Å². The largest absolute Gasteiger partial charge is 0.389 e. The summed E-state index contributed by atoms with van der Waals surface area (Å²) >= 11 is 0. The van der Waals surface area contributed by atoms with Crippen LogP contribution in [0, 0.1) is 0 Å². The molecule has 1 aromatic rings. The molecule has 1 saturated heterocycles. The van der Waals surface area contributed by atoms with Crippen LogP contribution in [0.25, 0.3) is 0 Å². The summed E-state index contributed by atoms with van der Waals surface area (Å²) in [7, 11) is 3.98. The lowest BCUT2D eigenvalue weighted by atomic mass is 9.74. The Kier molecular flexibility index (Phi) is 4.21. The van der Waals surface area contributed by atoms with Crippen molar-refractivity contribution in [3.8, 4) is 0 Å². The van der Waals surface area contributed by atoms with Gasteiger partial charge in [-0.2, -0.15) is 0 Å². The van der Waals surface area contributed by atoms with Crippen molar-refractivity contribution in [1.29, 1.82) is 0 Å². The summed E-state index contributed by atoms with van der Waals surface area (Å²) in [5, 5.41) is 10.9. The third-order valence-electron chi connectivity index (χ3n) is 5.74. The molecule has 3 rings (SSSR count). The molecule has 5 heteroatoms. The van der Waals surface area contributed by atoms with Gasteiger partial charge in [-0.1, -0.05) is 30.3 Å². The summed E-state index contributed by atoms with van der Waals surface area (Å²) in [6, 6.07) is 10.1. The Balaban J connectivity index is 1.83. The van der Waals surface area contributed by atoms with Crippen LogP contribution in [-0.2, 0) is 10.3 Å². The average Bonchev–Trinajstić information content (AvgIpc) is 2.52. The predicted molar refractivity (Wildman–Crippen MR) is 89.8 cm³/mol. The molecule has 1 aliphatic carbocycles. The zero-order valence-corrected chi connectivity index (χ0v) is 14.0. The van der Waals surface area contributed by atoms with E-state index in [2.05, 4.69) is 17.0 Å². The van der Waals surface area contributed by atoms with Crippen LogP contribution in [0.2, 0.25) is 0 Å². The first-order valence-electron chi connectivity index (χ1n) is 8.39.